The number of hydrogen-bond donors (Lipinski definition) is 2. The highest BCUT2D eigenvalue weighted by Crippen LogP contribution is 2.36. The molecule has 3 aromatic heterocycles. The Kier molecular flexibility index (Phi) is 8.72. The third kappa shape index (κ3) is 6.24. The van der Waals surface area contributed by atoms with Crippen molar-refractivity contribution in [2.75, 3.05) is 21.3 Å². The van der Waals surface area contributed by atoms with E-state index in [0.717, 1.165) is 49.9 Å². The molecule has 11 heteroatoms. The van der Waals surface area contributed by atoms with E-state index in [2.05, 4.69) is 9.97 Å². The van der Waals surface area contributed by atoms with E-state index in [1.165, 1.54) is 21.3 Å². The lowest BCUT2D eigenvalue weighted by Gasteiger charge is -2.07. The van der Waals surface area contributed by atoms with Crippen LogP contribution in [0.15, 0.2) is 101 Å². The Hall–Kier alpha value is -7.40. The van der Waals surface area contributed by atoms with Crippen LogP contribution in [0, 0.1) is 0 Å². The lowest BCUT2D eigenvalue weighted by atomic mass is 10.0. The largest absolute Gasteiger partial charge is 0.465 e. The van der Waals surface area contributed by atoms with E-state index < -0.39 is 17.9 Å². The number of esters is 3. The Balaban J connectivity index is 1.44. The summed E-state index contributed by atoms with van der Waals surface area (Å²) in [4.78, 5) is 53.9. The van der Waals surface area contributed by atoms with Gasteiger partial charge in [-0.3, -0.25) is 4.98 Å². The fraction of sp³-hybridized carbons (Fsp3) is 0.0698. The third-order valence-corrected chi connectivity index (χ3v) is 9.17. The highest BCUT2D eigenvalue weighted by molar-refractivity contribution is 5.99. The number of carbonyl (C=O) groups is 3. The van der Waals surface area contributed by atoms with Crippen molar-refractivity contribution >= 4 is 64.5 Å². The van der Waals surface area contributed by atoms with Gasteiger partial charge in [0.1, 0.15) is 0 Å². The topological polar surface area (TPSA) is 148 Å². The summed E-state index contributed by atoms with van der Waals surface area (Å²) in [6, 6.07) is 29.1. The minimum Gasteiger partial charge on any atom is -0.465 e. The smallest absolute Gasteiger partial charge is 0.455 e. The average molecular weight is 716 g/mol. The molecule has 0 saturated carbocycles. The van der Waals surface area contributed by atoms with Gasteiger partial charge in [-0.15, -0.1) is 0 Å². The fourth-order valence-electron chi connectivity index (χ4n) is 6.56. The molecule has 54 heavy (non-hydrogen) atoms. The second-order valence-electron chi connectivity index (χ2n) is 12.3. The van der Waals surface area contributed by atoms with Crippen LogP contribution in [0.4, 0.5) is 0 Å². The van der Waals surface area contributed by atoms with E-state index in [4.69, 9.17) is 28.6 Å². The number of benzene rings is 3. The summed E-state index contributed by atoms with van der Waals surface area (Å²) in [5.41, 5.74) is 10.7. The summed E-state index contributed by atoms with van der Waals surface area (Å²) in [5.74, 6) is -0.940. The molecular weight excluding hydrogens is 684 g/mol. The molecule has 0 saturated heterocycles. The van der Waals surface area contributed by atoms with E-state index in [-0.39, 0.29) is 0 Å². The minimum absolute atomic E-state index is 0.366. The van der Waals surface area contributed by atoms with E-state index in [9.17, 15) is 14.4 Å². The first-order valence-electron chi connectivity index (χ1n) is 16.9. The highest BCUT2D eigenvalue weighted by atomic mass is 16.5. The summed E-state index contributed by atoms with van der Waals surface area (Å²) in [6.45, 7) is 0. The zero-order chi connectivity index (χ0) is 37.3. The van der Waals surface area contributed by atoms with Crippen LogP contribution >= 0.6 is 0 Å². The van der Waals surface area contributed by atoms with Gasteiger partial charge in [0.15, 0.2) is 0 Å². The zero-order valence-corrected chi connectivity index (χ0v) is 29.3. The molecule has 6 aromatic rings. The van der Waals surface area contributed by atoms with Gasteiger partial charge in [0.05, 0.1) is 72.8 Å². The molecule has 2 aliphatic heterocycles. The molecule has 3 aromatic carbocycles. The van der Waals surface area contributed by atoms with Crippen molar-refractivity contribution in [1.29, 1.82) is 0 Å². The average Bonchev–Trinajstić information content (AvgIpc) is 4.05. The Morgan fingerprint density at radius 2 is 0.870 bits per heavy atom. The van der Waals surface area contributed by atoms with Crippen molar-refractivity contribution < 1.29 is 33.0 Å². The maximum atomic E-state index is 12.3. The number of ether oxygens (including phenoxy) is 3. The van der Waals surface area contributed by atoms with Crippen molar-refractivity contribution in [2.24, 2.45) is 0 Å². The summed E-state index contributed by atoms with van der Waals surface area (Å²) in [6.07, 6.45) is 7.51. The van der Waals surface area contributed by atoms with Crippen LogP contribution in [-0.2, 0) is 14.2 Å². The van der Waals surface area contributed by atoms with Crippen LogP contribution in [0.25, 0.3) is 79.9 Å². The summed E-state index contributed by atoms with van der Waals surface area (Å²) < 4.78 is 21.0. The van der Waals surface area contributed by atoms with Crippen LogP contribution in [0.1, 0.15) is 54.0 Å². The maximum absolute atomic E-state index is 12.3. The fourth-order valence-corrected chi connectivity index (χ4v) is 6.56. The quantitative estimate of drug-likeness (QED) is 0.0978. The van der Waals surface area contributed by atoms with Crippen LogP contribution < -0.4 is 0 Å². The second kappa shape index (κ2) is 14.0. The molecule has 2 aliphatic rings. The van der Waals surface area contributed by atoms with Crippen molar-refractivity contribution in [3.63, 3.8) is 0 Å². The normalized spacial score (nSPS) is 11.7. The van der Waals surface area contributed by atoms with E-state index in [1.807, 2.05) is 78.9 Å². The van der Waals surface area contributed by atoms with Gasteiger partial charge < -0.3 is 19.2 Å². The summed E-state index contributed by atoms with van der Waals surface area (Å²) in [5, 5.41) is 0. The molecule has 8 bridgehead atoms. The first kappa shape index (κ1) is 33.7. The summed E-state index contributed by atoms with van der Waals surface area (Å²) in [7, 11) is 4.04. The molecule has 0 spiro atoms. The number of nitrogens with one attached hydrogen (secondary N) is 2. The minimum atomic E-state index is -0.439. The summed E-state index contributed by atoms with van der Waals surface area (Å²) >= 11 is 0. The molecular formula is C43H31N4O7+. The Morgan fingerprint density at radius 3 is 1.41 bits per heavy atom. The number of fused-ring (bicyclic) bond motifs is 8. The molecule has 5 heterocycles. The Bertz CT molecular complexity index is 2700. The van der Waals surface area contributed by atoms with Crippen LogP contribution in [0.3, 0.4) is 0 Å². The predicted molar refractivity (Wildman–Crippen MR) is 206 cm³/mol. The van der Waals surface area contributed by atoms with Crippen LogP contribution in [-0.4, -0.2) is 59.2 Å². The number of carbonyl (C=O) groups excluding carboxylic acids is 3. The number of rotatable bonds is 6. The van der Waals surface area contributed by atoms with Gasteiger partial charge in [-0.2, -0.15) is 9.40 Å². The number of H-pyrrole nitrogens is 2. The molecule has 11 nitrogen and oxygen atoms in total. The van der Waals surface area contributed by atoms with Crippen LogP contribution in [0.2, 0.25) is 0 Å². The van der Waals surface area contributed by atoms with Gasteiger partial charge >= 0.3 is 29.5 Å². The molecule has 264 valence electrons. The molecule has 0 fully saturated rings. The molecule has 0 unspecified atom stereocenters. The van der Waals surface area contributed by atoms with E-state index in [1.54, 1.807) is 42.5 Å². The number of methoxy groups -OCH3 is 3. The third-order valence-electron chi connectivity index (χ3n) is 9.17. The molecule has 0 atom stereocenters. The van der Waals surface area contributed by atoms with Crippen molar-refractivity contribution in [2.45, 2.75) is 0 Å². The van der Waals surface area contributed by atoms with E-state index in [0.29, 0.717) is 45.4 Å². The van der Waals surface area contributed by atoms with Gasteiger partial charge in [-0.1, -0.05) is 36.4 Å². The number of aromatic nitrogens is 4. The molecule has 0 radical (unpaired) electrons. The van der Waals surface area contributed by atoms with Crippen molar-refractivity contribution in [3.05, 3.63) is 137 Å². The lowest BCUT2D eigenvalue weighted by molar-refractivity contribution is 0.0592. The Labute approximate surface area is 308 Å². The van der Waals surface area contributed by atoms with Crippen molar-refractivity contribution in [3.8, 4) is 33.4 Å². The molecule has 8 rings (SSSR count). The molecule has 2 N–H and O–H groups in total. The second-order valence-corrected chi connectivity index (χ2v) is 12.3. The standard InChI is InChI=1S/C43H30N4O7/c1-51-41(48)27-10-4-24(5-11-27)38-30-16-18-32(44-30)39(25-6-12-28(13-7-25)42(49)52-2)34-20-22-36(46-34)54-37-23-21-35(47-37)40(33-19-17-31(38)45-33)26-8-14-29(15-9-26)43(50)53-3/h4-23H,1-3H3,(H-,44,45,46,47,48,49,50)/p+1. The first-order chi connectivity index (χ1) is 26.3. The van der Waals surface area contributed by atoms with Gasteiger partial charge in [0.25, 0.3) is 0 Å². The number of aromatic amines is 2. The monoisotopic (exact) mass is 715 g/mol. The van der Waals surface area contributed by atoms with Gasteiger partial charge in [0, 0.05) is 27.7 Å². The van der Waals surface area contributed by atoms with E-state index >= 15 is 0 Å². The Morgan fingerprint density at radius 1 is 0.463 bits per heavy atom. The predicted octanol–water partition coefficient (Wildman–Crippen LogP) is 8.89. The molecule has 0 aliphatic carbocycles. The maximum Gasteiger partial charge on any atom is 0.455 e. The van der Waals surface area contributed by atoms with Gasteiger partial charge in [-0.25, -0.2) is 19.4 Å². The number of hydrogen-bond acceptors (Lipinski definition) is 8. The number of nitrogens with zero attached hydrogens (tertiary/aromatic N) is 2. The lowest BCUT2D eigenvalue weighted by Crippen LogP contribution is -2.00. The SMILES string of the molecule is COC(=O)c1ccc(-c2c3nc([o+]c4ccc([nH]4)c(-c4ccc(C(=O)OC)cc4)c4ccc([nH]4)c(-c4ccc(C(=O)OC)cc4)c4nc2C=C4)C=C3)cc1. The van der Waals surface area contributed by atoms with Gasteiger partial charge in [0.2, 0.25) is 0 Å². The van der Waals surface area contributed by atoms with Crippen molar-refractivity contribution in [1.82, 2.24) is 19.9 Å². The highest BCUT2D eigenvalue weighted by Gasteiger charge is 2.21. The molecule has 0 amide bonds. The first-order valence-corrected chi connectivity index (χ1v) is 16.9. The van der Waals surface area contributed by atoms with Gasteiger partial charge in [-0.05, 0) is 89.5 Å². The van der Waals surface area contributed by atoms with Crippen LogP contribution in [0.5, 0.6) is 0 Å². The zero-order valence-electron chi connectivity index (χ0n) is 29.3.